The van der Waals surface area contributed by atoms with Gasteiger partial charge in [0.1, 0.15) is 5.75 Å². The number of aromatic nitrogens is 4. The second-order valence-electron chi connectivity index (χ2n) is 7.37. The number of hydrogen-bond acceptors (Lipinski definition) is 6. The van der Waals surface area contributed by atoms with Crippen LogP contribution in [0.15, 0.2) is 27.8 Å². The first-order valence-corrected chi connectivity index (χ1v) is 10.1. The summed E-state index contributed by atoms with van der Waals surface area (Å²) in [5.74, 6) is 1.14. The zero-order valence-electron chi connectivity index (χ0n) is 17.1. The highest BCUT2D eigenvalue weighted by molar-refractivity contribution is 6.31. The Hall–Kier alpha value is -2.78. The summed E-state index contributed by atoms with van der Waals surface area (Å²) in [7, 11) is 4.64. The summed E-state index contributed by atoms with van der Waals surface area (Å²) < 4.78 is 15.2. The van der Waals surface area contributed by atoms with Gasteiger partial charge >= 0.3 is 5.69 Å². The van der Waals surface area contributed by atoms with Crippen LogP contribution >= 0.6 is 11.6 Å². The van der Waals surface area contributed by atoms with Gasteiger partial charge in [-0.15, -0.1) is 0 Å². The lowest BCUT2D eigenvalue weighted by molar-refractivity contribution is 0.120. The van der Waals surface area contributed by atoms with Crippen LogP contribution in [0, 0.1) is 0 Å². The third-order valence-corrected chi connectivity index (χ3v) is 5.81. The van der Waals surface area contributed by atoms with E-state index in [4.69, 9.17) is 21.1 Å². The van der Waals surface area contributed by atoms with E-state index in [2.05, 4.69) is 10.3 Å². The number of ether oxygens (including phenoxy) is 2. The average molecular weight is 434 g/mol. The molecule has 9 nitrogen and oxygen atoms in total. The van der Waals surface area contributed by atoms with E-state index in [9.17, 15) is 9.59 Å². The molecule has 1 aliphatic heterocycles. The first kappa shape index (κ1) is 20.5. The highest BCUT2D eigenvalue weighted by Gasteiger charge is 2.22. The maximum atomic E-state index is 13.0. The average Bonchev–Trinajstić information content (AvgIpc) is 3.39. The van der Waals surface area contributed by atoms with Crippen molar-refractivity contribution in [1.29, 1.82) is 0 Å². The number of aryl methyl sites for hydroxylation is 1. The van der Waals surface area contributed by atoms with Gasteiger partial charge in [-0.25, -0.2) is 4.79 Å². The largest absolute Gasteiger partial charge is 0.497 e. The van der Waals surface area contributed by atoms with Crippen LogP contribution in [0.2, 0.25) is 5.02 Å². The van der Waals surface area contributed by atoms with Crippen LogP contribution in [0.3, 0.4) is 0 Å². The fourth-order valence-corrected chi connectivity index (χ4v) is 3.89. The molecule has 1 fully saturated rings. The number of rotatable bonds is 6. The van der Waals surface area contributed by atoms with E-state index in [-0.39, 0.29) is 12.6 Å². The lowest BCUT2D eigenvalue weighted by atomic mass is 10.2. The van der Waals surface area contributed by atoms with Crippen molar-refractivity contribution in [3.05, 3.63) is 49.6 Å². The van der Waals surface area contributed by atoms with Crippen LogP contribution in [0.4, 0.5) is 5.95 Å². The Morgan fingerprint density at radius 2 is 2.10 bits per heavy atom. The van der Waals surface area contributed by atoms with Crippen LogP contribution in [0.25, 0.3) is 11.2 Å². The SMILES string of the molecule is COc1ccc(Cl)c(Cn2c(NC[C@H]3CCCO3)nc3c2c(=O)n(C)c(=O)n3C)c1. The minimum absolute atomic E-state index is 0.0883. The van der Waals surface area contributed by atoms with Crippen molar-refractivity contribution >= 4 is 28.7 Å². The highest BCUT2D eigenvalue weighted by Crippen LogP contribution is 2.26. The van der Waals surface area contributed by atoms with Crippen molar-refractivity contribution in [1.82, 2.24) is 18.7 Å². The van der Waals surface area contributed by atoms with Gasteiger partial charge < -0.3 is 14.8 Å². The molecule has 3 heterocycles. The molecule has 3 aromatic rings. The smallest absolute Gasteiger partial charge is 0.332 e. The number of benzene rings is 1. The Morgan fingerprint density at radius 3 is 2.80 bits per heavy atom. The van der Waals surface area contributed by atoms with Crippen molar-refractivity contribution in [3.8, 4) is 5.75 Å². The molecule has 0 bridgehead atoms. The minimum atomic E-state index is -0.428. The second kappa shape index (κ2) is 8.16. The number of anilines is 1. The molecule has 0 unspecified atom stereocenters. The number of nitrogens with one attached hydrogen (secondary N) is 1. The van der Waals surface area contributed by atoms with Gasteiger partial charge in [-0.2, -0.15) is 4.98 Å². The monoisotopic (exact) mass is 433 g/mol. The molecular formula is C20H24ClN5O4. The fraction of sp³-hybridized carbons (Fsp3) is 0.450. The molecule has 2 aromatic heterocycles. The molecule has 160 valence electrons. The number of nitrogens with zero attached hydrogens (tertiary/aromatic N) is 4. The van der Waals surface area contributed by atoms with Gasteiger partial charge in [0.15, 0.2) is 11.2 Å². The number of fused-ring (bicyclic) bond motifs is 1. The molecule has 0 aliphatic carbocycles. The van der Waals surface area contributed by atoms with Gasteiger partial charge in [-0.05, 0) is 36.6 Å². The quantitative estimate of drug-likeness (QED) is 0.636. The first-order valence-electron chi connectivity index (χ1n) is 9.75. The molecule has 1 saturated heterocycles. The molecule has 0 spiro atoms. The Bertz CT molecular complexity index is 1210. The van der Waals surface area contributed by atoms with Crippen LogP contribution in [0.5, 0.6) is 5.75 Å². The minimum Gasteiger partial charge on any atom is -0.497 e. The van der Waals surface area contributed by atoms with Crippen molar-refractivity contribution in [2.24, 2.45) is 14.1 Å². The fourth-order valence-electron chi connectivity index (χ4n) is 3.72. The summed E-state index contributed by atoms with van der Waals surface area (Å²) in [6.45, 7) is 1.59. The standard InChI is InChI=1S/C20H24ClN5O4/c1-24-17-16(18(27)25(2)20(24)28)26(11-12-9-13(29-3)6-7-15(12)21)19(23-17)22-10-14-5-4-8-30-14/h6-7,9,14H,4-5,8,10-11H2,1-3H3,(H,22,23)/t14-/m1/s1. The van der Waals surface area contributed by atoms with Crippen LogP contribution in [0.1, 0.15) is 18.4 Å². The Labute approximate surface area is 177 Å². The van der Waals surface area contributed by atoms with Gasteiger partial charge in [0, 0.05) is 32.3 Å². The van der Waals surface area contributed by atoms with E-state index >= 15 is 0 Å². The van der Waals surface area contributed by atoms with E-state index in [0.717, 1.165) is 29.6 Å². The van der Waals surface area contributed by atoms with Crippen molar-refractivity contribution in [3.63, 3.8) is 0 Å². The molecule has 1 N–H and O–H groups in total. The normalized spacial score (nSPS) is 16.3. The van der Waals surface area contributed by atoms with E-state index < -0.39 is 11.2 Å². The molecule has 1 atom stereocenters. The molecule has 0 saturated carbocycles. The highest BCUT2D eigenvalue weighted by atomic mass is 35.5. The van der Waals surface area contributed by atoms with E-state index in [1.807, 2.05) is 6.07 Å². The predicted octanol–water partition coefficient (Wildman–Crippen LogP) is 1.73. The van der Waals surface area contributed by atoms with E-state index in [0.29, 0.717) is 34.4 Å². The summed E-state index contributed by atoms with van der Waals surface area (Å²) in [6.07, 6.45) is 2.08. The lowest BCUT2D eigenvalue weighted by Crippen LogP contribution is -2.37. The Balaban J connectivity index is 1.85. The van der Waals surface area contributed by atoms with Crippen molar-refractivity contribution < 1.29 is 9.47 Å². The molecule has 0 amide bonds. The topological polar surface area (TPSA) is 92.3 Å². The zero-order chi connectivity index (χ0) is 21.4. The van der Waals surface area contributed by atoms with E-state index in [1.54, 1.807) is 30.9 Å². The summed E-state index contributed by atoms with van der Waals surface area (Å²) in [5, 5.41) is 3.84. The second-order valence-corrected chi connectivity index (χ2v) is 7.78. The van der Waals surface area contributed by atoms with E-state index in [1.165, 1.54) is 11.6 Å². The summed E-state index contributed by atoms with van der Waals surface area (Å²) in [4.78, 5) is 29.9. The molecule has 10 heteroatoms. The van der Waals surface area contributed by atoms with Gasteiger partial charge in [-0.1, -0.05) is 11.6 Å². The third kappa shape index (κ3) is 3.59. The lowest BCUT2D eigenvalue weighted by Gasteiger charge is -2.15. The molecule has 30 heavy (non-hydrogen) atoms. The molecule has 0 radical (unpaired) electrons. The maximum absolute atomic E-state index is 13.0. The zero-order valence-corrected chi connectivity index (χ0v) is 17.9. The van der Waals surface area contributed by atoms with Gasteiger partial charge in [0.05, 0.1) is 19.8 Å². The van der Waals surface area contributed by atoms with Gasteiger partial charge in [-0.3, -0.25) is 18.5 Å². The third-order valence-electron chi connectivity index (χ3n) is 5.44. The molecule has 4 rings (SSSR count). The summed E-state index contributed by atoms with van der Waals surface area (Å²) >= 11 is 6.41. The maximum Gasteiger partial charge on any atom is 0.332 e. The molecule has 1 aliphatic rings. The Morgan fingerprint density at radius 1 is 1.30 bits per heavy atom. The molecule has 1 aromatic carbocycles. The predicted molar refractivity (Wildman–Crippen MR) is 115 cm³/mol. The summed E-state index contributed by atoms with van der Waals surface area (Å²) in [6, 6.07) is 5.35. The van der Waals surface area contributed by atoms with Crippen molar-refractivity contribution in [2.45, 2.75) is 25.5 Å². The van der Waals surface area contributed by atoms with Gasteiger partial charge in [0.25, 0.3) is 5.56 Å². The summed E-state index contributed by atoms with van der Waals surface area (Å²) in [5.41, 5.74) is 0.573. The number of methoxy groups -OCH3 is 1. The number of halogens is 1. The van der Waals surface area contributed by atoms with Crippen LogP contribution < -0.4 is 21.3 Å². The van der Waals surface area contributed by atoms with Crippen molar-refractivity contribution in [2.75, 3.05) is 25.6 Å². The van der Waals surface area contributed by atoms with Crippen LogP contribution in [-0.4, -0.2) is 45.1 Å². The number of imidazole rings is 1. The Kier molecular flexibility index (Phi) is 5.57. The molecular weight excluding hydrogens is 410 g/mol. The number of hydrogen-bond donors (Lipinski definition) is 1. The first-order chi connectivity index (χ1) is 14.4. The van der Waals surface area contributed by atoms with Gasteiger partial charge in [0.2, 0.25) is 5.95 Å². The van der Waals surface area contributed by atoms with Crippen LogP contribution in [-0.2, 0) is 25.4 Å².